The van der Waals surface area contributed by atoms with Gasteiger partial charge in [-0.05, 0) is 36.1 Å². The molecule has 0 saturated heterocycles. The molecule has 1 aliphatic heterocycles. The first-order valence-electron chi connectivity index (χ1n) is 5.48. The quantitative estimate of drug-likeness (QED) is 0.719. The average Bonchev–Trinajstić information content (AvgIpc) is 3.00. The molecule has 1 aromatic rings. The van der Waals surface area contributed by atoms with Crippen molar-refractivity contribution in [3.63, 3.8) is 0 Å². The van der Waals surface area contributed by atoms with Gasteiger partial charge in [0, 0.05) is 5.41 Å². The minimum absolute atomic E-state index is 0.114. The Morgan fingerprint density at radius 1 is 1.25 bits per heavy atom. The van der Waals surface area contributed by atoms with Crippen LogP contribution in [0.5, 0.6) is 11.5 Å². The lowest BCUT2D eigenvalue weighted by Gasteiger charge is -2.16. The van der Waals surface area contributed by atoms with E-state index in [9.17, 15) is 0 Å². The third-order valence-electron chi connectivity index (χ3n) is 3.54. The van der Waals surface area contributed by atoms with Crippen LogP contribution in [0.1, 0.15) is 18.4 Å². The Morgan fingerprint density at radius 2 is 2.00 bits per heavy atom. The lowest BCUT2D eigenvalue weighted by molar-refractivity contribution is 0.174. The molecule has 82 valence electrons. The molecular formula is C14H14O2. The van der Waals surface area contributed by atoms with Crippen molar-refractivity contribution in [2.45, 2.75) is 18.3 Å². The summed E-state index contributed by atoms with van der Waals surface area (Å²) in [6.07, 6.45) is 4.16. The second-order valence-electron chi connectivity index (χ2n) is 4.38. The van der Waals surface area contributed by atoms with Crippen LogP contribution in [-0.2, 0) is 5.41 Å². The summed E-state index contributed by atoms with van der Waals surface area (Å²) < 4.78 is 10.7. The van der Waals surface area contributed by atoms with Gasteiger partial charge in [0.15, 0.2) is 11.5 Å². The van der Waals surface area contributed by atoms with Crippen LogP contribution >= 0.6 is 0 Å². The number of hydrogen-bond donors (Lipinski definition) is 0. The van der Waals surface area contributed by atoms with Crippen molar-refractivity contribution in [3.8, 4) is 11.5 Å². The topological polar surface area (TPSA) is 18.5 Å². The lowest BCUT2D eigenvalue weighted by Crippen LogP contribution is -2.07. The highest BCUT2D eigenvalue weighted by Crippen LogP contribution is 2.54. The number of fused-ring (bicyclic) bond motifs is 1. The van der Waals surface area contributed by atoms with Gasteiger partial charge in [-0.3, -0.25) is 0 Å². The number of benzene rings is 1. The third kappa shape index (κ3) is 1.19. The minimum atomic E-state index is 0.114. The van der Waals surface area contributed by atoms with E-state index in [0.29, 0.717) is 6.79 Å². The molecule has 0 N–H and O–H groups in total. The molecule has 3 rings (SSSR count). The summed E-state index contributed by atoms with van der Waals surface area (Å²) in [5, 5.41) is 0. The van der Waals surface area contributed by atoms with E-state index in [1.165, 1.54) is 5.56 Å². The fourth-order valence-corrected chi connectivity index (χ4v) is 2.31. The minimum Gasteiger partial charge on any atom is -0.454 e. The Labute approximate surface area is 95.2 Å². The Morgan fingerprint density at radius 3 is 2.69 bits per heavy atom. The molecule has 0 spiro atoms. The van der Waals surface area contributed by atoms with Crippen LogP contribution in [0.3, 0.4) is 0 Å². The van der Waals surface area contributed by atoms with Gasteiger partial charge in [0.05, 0.1) is 0 Å². The van der Waals surface area contributed by atoms with Crippen LogP contribution in [0.15, 0.2) is 43.0 Å². The van der Waals surface area contributed by atoms with E-state index >= 15 is 0 Å². The highest BCUT2D eigenvalue weighted by Gasteiger charge is 2.46. The number of allylic oxidation sites excluding steroid dienone is 2. The summed E-state index contributed by atoms with van der Waals surface area (Å²) in [7, 11) is 0. The molecule has 0 atom stereocenters. The lowest BCUT2D eigenvalue weighted by atomic mass is 9.88. The van der Waals surface area contributed by atoms with E-state index in [1.807, 2.05) is 12.1 Å². The maximum Gasteiger partial charge on any atom is 0.231 e. The van der Waals surface area contributed by atoms with Gasteiger partial charge in [-0.25, -0.2) is 0 Å². The van der Waals surface area contributed by atoms with E-state index in [4.69, 9.17) is 9.47 Å². The summed E-state index contributed by atoms with van der Waals surface area (Å²) in [5.41, 5.74) is 2.48. The van der Waals surface area contributed by atoms with Crippen molar-refractivity contribution in [3.05, 3.63) is 48.6 Å². The molecule has 2 nitrogen and oxygen atoms in total. The average molecular weight is 214 g/mol. The number of hydrogen-bond acceptors (Lipinski definition) is 2. The first kappa shape index (κ1) is 9.52. The molecule has 0 bridgehead atoms. The number of rotatable bonds is 3. The van der Waals surface area contributed by atoms with Gasteiger partial charge in [0.25, 0.3) is 0 Å². The molecule has 0 radical (unpaired) electrons. The predicted octanol–water partition coefficient (Wildman–Crippen LogP) is 3.19. The van der Waals surface area contributed by atoms with Crippen LogP contribution in [0.2, 0.25) is 0 Å². The molecule has 1 aromatic carbocycles. The summed E-state index contributed by atoms with van der Waals surface area (Å²) in [6.45, 7) is 8.22. The molecular weight excluding hydrogens is 200 g/mol. The fourth-order valence-electron chi connectivity index (χ4n) is 2.31. The van der Waals surface area contributed by atoms with Crippen molar-refractivity contribution in [1.82, 2.24) is 0 Å². The van der Waals surface area contributed by atoms with Crippen molar-refractivity contribution >= 4 is 0 Å². The van der Waals surface area contributed by atoms with Gasteiger partial charge < -0.3 is 9.47 Å². The monoisotopic (exact) mass is 214 g/mol. The summed E-state index contributed by atoms with van der Waals surface area (Å²) in [4.78, 5) is 0. The van der Waals surface area contributed by atoms with Gasteiger partial charge >= 0.3 is 0 Å². The molecule has 2 heteroatoms. The van der Waals surface area contributed by atoms with E-state index in [1.54, 1.807) is 0 Å². The molecule has 1 fully saturated rings. The molecule has 0 unspecified atom stereocenters. The second-order valence-corrected chi connectivity index (χ2v) is 4.38. The van der Waals surface area contributed by atoms with Crippen molar-refractivity contribution in [1.29, 1.82) is 0 Å². The van der Waals surface area contributed by atoms with Gasteiger partial charge in [-0.2, -0.15) is 0 Å². The Kier molecular flexibility index (Phi) is 1.87. The molecule has 1 heterocycles. The SMILES string of the molecule is C=CC(=C)C1(c2ccc3c(c2)OCO3)CC1. The first-order chi connectivity index (χ1) is 7.76. The van der Waals surface area contributed by atoms with E-state index in [-0.39, 0.29) is 5.41 Å². The zero-order valence-corrected chi connectivity index (χ0v) is 9.16. The molecule has 0 aromatic heterocycles. The second kappa shape index (κ2) is 3.14. The highest BCUT2D eigenvalue weighted by molar-refractivity contribution is 5.52. The standard InChI is InChI=1S/C14H14O2/c1-3-10(2)14(6-7-14)11-4-5-12-13(8-11)16-9-15-12/h3-5,8H,1-2,6-7,9H2. The van der Waals surface area contributed by atoms with Gasteiger partial charge in [0.1, 0.15) is 0 Å². The fraction of sp³-hybridized carbons (Fsp3) is 0.286. The smallest absolute Gasteiger partial charge is 0.231 e. The highest BCUT2D eigenvalue weighted by atomic mass is 16.7. The Bertz CT molecular complexity index is 470. The van der Waals surface area contributed by atoms with Crippen LogP contribution in [0.25, 0.3) is 0 Å². The van der Waals surface area contributed by atoms with Crippen LogP contribution in [0.4, 0.5) is 0 Å². The normalized spacial score (nSPS) is 19.2. The van der Waals surface area contributed by atoms with Gasteiger partial charge in [0.2, 0.25) is 6.79 Å². The maximum atomic E-state index is 5.40. The maximum absolute atomic E-state index is 5.40. The zero-order chi connectivity index (χ0) is 11.2. The largest absolute Gasteiger partial charge is 0.454 e. The molecule has 1 aliphatic carbocycles. The third-order valence-corrected chi connectivity index (χ3v) is 3.54. The first-order valence-corrected chi connectivity index (χ1v) is 5.48. The molecule has 1 saturated carbocycles. The Hall–Kier alpha value is -1.70. The number of ether oxygens (including phenoxy) is 2. The van der Waals surface area contributed by atoms with Crippen LogP contribution < -0.4 is 9.47 Å². The van der Waals surface area contributed by atoms with Crippen molar-refractivity contribution in [2.24, 2.45) is 0 Å². The summed E-state index contributed by atoms with van der Waals surface area (Å²) in [5.74, 6) is 1.68. The molecule has 2 aliphatic rings. The van der Waals surface area contributed by atoms with Gasteiger partial charge in [-0.1, -0.05) is 25.3 Å². The predicted molar refractivity (Wildman–Crippen MR) is 62.8 cm³/mol. The zero-order valence-electron chi connectivity index (χ0n) is 9.16. The van der Waals surface area contributed by atoms with Crippen molar-refractivity contribution < 1.29 is 9.47 Å². The molecule has 16 heavy (non-hydrogen) atoms. The van der Waals surface area contributed by atoms with E-state index in [0.717, 1.165) is 29.9 Å². The Balaban J connectivity index is 2.01. The summed E-state index contributed by atoms with van der Waals surface area (Å²) >= 11 is 0. The van der Waals surface area contributed by atoms with E-state index < -0.39 is 0 Å². The van der Waals surface area contributed by atoms with E-state index in [2.05, 4.69) is 25.3 Å². The molecule has 0 amide bonds. The van der Waals surface area contributed by atoms with Crippen LogP contribution in [-0.4, -0.2) is 6.79 Å². The summed E-state index contributed by atoms with van der Waals surface area (Å²) in [6, 6.07) is 6.16. The van der Waals surface area contributed by atoms with Crippen molar-refractivity contribution in [2.75, 3.05) is 6.79 Å². The van der Waals surface area contributed by atoms with Gasteiger partial charge in [-0.15, -0.1) is 0 Å². The van der Waals surface area contributed by atoms with Crippen LogP contribution in [0, 0.1) is 0 Å².